The molecule has 0 fully saturated rings. The Morgan fingerprint density at radius 2 is 1.68 bits per heavy atom. The number of amides is 1. The number of rotatable bonds is 3. The van der Waals surface area contributed by atoms with Crippen LogP contribution >= 0.6 is 11.6 Å². The average molecular weight is 389 g/mol. The van der Waals surface area contributed by atoms with Crippen LogP contribution in [0, 0.1) is 0 Å². The van der Waals surface area contributed by atoms with E-state index in [1.54, 1.807) is 0 Å². The maximum absolute atomic E-state index is 11.2. The number of halogens is 1. The summed E-state index contributed by atoms with van der Waals surface area (Å²) in [5.74, 6) is 0.608. The molecule has 0 atom stereocenters. The van der Waals surface area contributed by atoms with Crippen LogP contribution in [0.5, 0.6) is 0 Å². The van der Waals surface area contributed by atoms with E-state index >= 15 is 0 Å². The van der Waals surface area contributed by atoms with Crippen molar-refractivity contribution in [3.8, 4) is 11.3 Å². The number of nitrogens with one attached hydrogen (secondary N) is 1. The third-order valence-electron chi connectivity index (χ3n) is 4.22. The Kier molecular flexibility index (Phi) is 4.96. The van der Waals surface area contributed by atoms with E-state index in [4.69, 9.17) is 21.0 Å². The highest BCUT2D eigenvalue weighted by Crippen LogP contribution is 2.24. The van der Waals surface area contributed by atoms with Crippen molar-refractivity contribution in [1.82, 2.24) is 0 Å². The van der Waals surface area contributed by atoms with Gasteiger partial charge in [0.05, 0.1) is 11.0 Å². The van der Waals surface area contributed by atoms with Crippen molar-refractivity contribution in [2.75, 3.05) is 5.32 Å². The third-order valence-corrected chi connectivity index (χ3v) is 4.47. The number of para-hydroxylation sites is 1. The van der Waals surface area contributed by atoms with Gasteiger partial charge in [0.15, 0.2) is 0 Å². The zero-order chi connectivity index (χ0) is 19.5. The summed E-state index contributed by atoms with van der Waals surface area (Å²) < 4.78 is 6.08. The molecule has 0 saturated heterocycles. The Balaban J connectivity index is 1.84. The molecule has 1 heterocycles. The number of fused-ring (bicyclic) bond motifs is 1. The van der Waals surface area contributed by atoms with Gasteiger partial charge in [-0.05, 0) is 60.7 Å². The van der Waals surface area contributed by atoms with Crippen LogP contribution in [0.2, 0.25) is 5.02 Å². The fourth-order valence-electron chi connectivity index (χ4n) is 2.93. The van der Waals surface area contributed by atoms with E-state index in [2.05, 4.69) is 5.32 Å². The molecule has 5 heteroatoms. The molecule has 0 aliphatic heterocycles. The summed E-state index contributed by atoms with van der Waals surface area (Å²) in [4.78, 5) is 16.0. The van der Waals surface area contributed by atoms with E-state index in [0.29, 0.717) is 10.8 Å². The van der Waals surface area contributed by atoms with Crippen LogP contribution < -0.4 is 10.7 Å². The van der Waals surface area contributed by atoms with E-state index in [9.17, 15) is 4.79 Å². The molecule has 0 radical (unpaired) electrons. The van der Waals surface area contributed by atoms with Crippen LogP contribution in [0.25, 0.3) is 22.3 Å². The van der Waals surface area contributed by atoms with Crippen molar-refractivity contribution in [3.63, 3.8) is 0 Å². The number of anilines is 1. The standard InChI is InChI=1S/C23H17ClN2O2/c1-15(27)25-18-10-12-19(13-11-18)26-21-14-23(16-6-8-17(24)9-7-16)28-22-5-3-2-4-20(21)22/h2-14H,1H3,(H,25,27). The smallest absolute Gasteiger partial charge is 0.221 e. The molecule has 138 valence electrons. The third kappa shape index (κ3) is 3.97. The largest absolute Gasteiger partial charge is 0.456 e. The summed E-state index contributed by atoms with van der Waals surface area (Å²) in [5, 5.41) is 5.16. The Labute approximate surface area is 167 Å². The van der Waals surface area contributed by atoms with Gasteiger partial charge in [0.1, 0.15) is 11.3 Å². The highest BCUT2D eigenvalue weighted by molar-refractivity contribution is 6.30. The van der Waals surface area contributed by atoms with Gasteiger partial charge in [-0.25, -0.2) is 4.99 Å². The monoisotopic (exact) mass is 388 g/mol. The van der Waals surface area contributed by atoms with Crippen molar-refractivity contribution >= 4 is 39.9 Å². The first-order valence-corrected chi connectivity index (χ1v) is 9.17. The number of nitrogens with zero attached hydrogens (tertiary/aromatic N) is 1. The van der Waals surface area contributed by atoms with Crippen LogP contribution in [0.1, 0.15) is 6.92 Å². The van der Waals surface area contributed by atoms with E-state index in [1.165, 1.54) is 6.92 Å². The predicted octanol–water partition coefficient (Wildman–Crippen LogP) is 5.94. The molecule has 1 amide bonds. The fraction of sp³-hybridized carbons (Fsp3) is 0.0435. The molecule has 4 rings (SSSR count). The maximum atomic E-state index is 11.2. The molecule has 1 aromatic heterocycles. The molecule has 4 aromatic rings. The van der Waals surface area contributed by atoms with Gasteiger partial charge in [0.2, 0.25) is 5.91 Å². The Morgan fingerprint density at radius 3 is 2.39 bits per heavy atom. The van der Waals surface area contributed by atoms with Gasteiger partial charge in [0.25, 0.3) is 0 Å². The van der Waals surface area contributed by atoms with Gasteiger partial charge in [-0.15, -0.1) is 0 Å². The number of hydrogen-bond donors (Lipinski definition) is 1. The summed E-state index contributed by atoms with van der Waals surface area (Å²) in [6.45, 7) is 1.48. The van der Waals surface area contributed by atoms with Gasteiger partial charge in [-0.1, -0.05) is 23.7 Å². The summed E-state index contributed by atoms with van der Waals surface area (Å²) >= 11 is 6.00. The lowest BCUT2D eigenvalue weighted by atomic mass is 10.1. The maximum Gasteiger partial charge on any atom is 0.221 e. The normalized spacial score (nSPS) is 11.6. The molecular formula is C23H17ClN2O2. The van der Waals surface area contributed by atoms with E-state index < -0.39 is 0 Å². The first-order chi connectivity index (χ1) is 13.6. The predicted molar refractivity (Wildman–Crippen MR) is 113 cm³/mol. The van der Waals surface area contributed by atoms with Gasteiger partial charge in [-0.2, -0.15) is 0 Å². The van der Waals surface area contributed by atoms with Gasteiger partial charge in [-0.3, -0.25) is 4.79 Å². The quantitative estimate of drug-likeness (QED) is 0.472. The number of benzene rings is 3. The lowest BCUT2D eigenvalue weighted by Gasteiger charge is -2.06. The summed E-state index contributed by atoms with van der Waals surface area (Å²) in [6.07, 6.45) is 0. The highest BCUT2D eigenvalue weighted by Gasteiger charge is 2.06. The Bertz CT molecular complexity index is 1210. The molecule has 1 N–H and O–H groups in total. The van der Waals surface area contributed by atoms with Gasteiger partial charge >= 0.3 is 0 Å². The van der Waals surface area contributed by atoms with Gasteiger partial charge in [0, 0.05) is 34.6 Å². The molecule has 0 spiro atoms. The zero-order valence-corrected chi connectivity index (χ0v) is 15.9. The molecule has 0 bridgehead atoms. The molecule has 0 aliphatic carbocycles. The van der Waals surface area contributed by atoms with Crippen LogP contribution in [0.4, 0.5) is 11.4 Å². The van der Waals surface area contributed by atoms with Crippen LogP contribution in [0.3, 0.4) is 0 Å². The second-order valence-electron chi connectivity index (χ2n) is 6.34. The Morgan fingerprint density at radius 1 is 0.964 bits per heavy atom. The first kappa shape index (κ1) is 18.0. The minimum absolute atomic E-state index is 0.104. The minimum Gasteiger partial charge on any atom is -0.456 e. The number of carbonyl (C=O) groups excluding carboxylic acids is 1. The van der Waals surface area contributed by atoms with Crippen molar-refractivity contribution in [1.29, 1.82) is 0 Å². The second-order valence-corrected chi connectivity index (χ2v) is 6.78. The summed E-state index contributed by atoms with van der Waals surface area (Å²) in [6, 6.07) is 24.6. The molecule has 0 unspecified atom stereocenters. The zero-order valence-electron chi connectivity index (χ0n) is 15.1. The molecule has 28 heavy (non-hydrogen) atoms. The lowest BCUT2D eigenvalue weighted by molar-refractivity contribution is -0.114. The molecule has 0 saturated carbocycles. The van der Waals surface area contributed by atoms with Crippen LogP contribution in [-0.4, -0.2) is 5.91 Å². The molecule has 0 aliphatic rings. The van der Waals surface area contributed by atoms with E-state index in [-0.39, 0.29) is 5.91 Å². The molecule has 3 aromatic carbocycles. The molecular weight excluding hydrogens is 372 g/mol. The van der Waals surface area contributed by atoms with Crippen molar-refractivity contribution < 1.29 is 9.21 Å². The molecule has 4 nitrogen and oxygen atoms in total. The van der Waals surface area contributed by atoms with Crippen molar-refractivity contribution in [2.45, 2.75) is 6.92 Å². The highest BCUT2D eigenvalue weighted by atomic mass is 35.5. The average Bonchev–Trinajstić information content (AvgIpc) is 2.69. The first-order valence-electron chi connectivity index (χ1n) is 8.80. The summed E-state index contributed by atoms with van der Waals surface area (Å²) in [5.41, 5.74) is 3.20. The van der Waals surface area contributed by atoms with Crippen molar-refractivity contribution in [2.24, 2.45) is 4.99 Å². The second kappa shape index (κ2) is 7.71. The SMILES string of the molecule is CC(=O)Nc1ccc(N=c2cc(-c3ccc(Cl)cc3)oc3ccccc23)cc1. The van der Waals surface area contributed by atoms with Crippen molar-refractivity contribution in [3.05, 3.63) is 89.2 Å². The van der Waals surface area contributed by atoms with Gasteiger partial charge < -0.3 is 9.73 Å². The lowest BCUT2D eigenvalue weighted by Crippen LogP contribution is -2.05. The summed E-state index contributed by atoms with van der Waals surface area (Å²) in [7, 11) is 0. The topological polar surface area (TPSA) is 54.6 Å². The van der Waals surface area contributed by atoms with Crippen LogP contribution in [-0.2, 0) is 4.79 Å². The minimum atomic E-state index is -0.104. The van der Waals surface area contributed by atoms with E-state index in [0.717, 1.165) is 33.3 Å². The number of carbonyl (C=O) groups is 1. The Hall–Kier alpha value is -3.37. The van der Waals surface area contributed by atoms with E-state index in [1.807, 2.05) is 78.9 Å². The fourth-order valence-corrected chi connectivity index (χ4v) is 3.05. The number of hydrogen-bond acceptors (Lipinski definition) is 3. The van der Waals surface area contributed by atoms with Crippen LogP contribution in [0.15, 0.2) is 88.3 Å².